The highest BCUT2D eigenvalue weighted by molar-refractivity contribution is 7.85. The number of hydrogen-bond acceptors (Lipinski definition) is 2. The number of carboxylic acids is 1. The van der Waals surface area contributed by atoms with Gasteiger partial charge in [0.15, 0.2) is 0 Å². The molecular formula is C13H15Cl2FO3S. The van der Waals surface area contributed by atoms with Gasteiger partial charge in [-0.1, -0.05) is 50.0 Å². The normalized spacial score (nSPS) is 13.6. The molecule has 1 atom stereocenters. The molecule has 0 aliphatic rings. The molecule has 0 aromatic heterocycles. The molecule has 0 saturated carbocycles. The number of halogens is 3. The van der Waals surface area contributed by atoms with Crippen molar-refractivity contribution < 1.29 is 18.5 Å². The average molecular weight is 341 g/mol. The van der Waals surface area contributed by atoms with E-state index in [9.17, 15) is 18.5 Å². The summed E-state index contributed by atoms with van der Waals surface area (Å²) < 4.78 is 23.6. The van der Waals surface area contributed by atoms with Crippen LogP contribution in [0.4, 0.5) is 4.39 Å². The van der Waals surface area contributed by atoms with Crippen LogP contribution >= 0.6 is 23.2 Å². The smallest absolute Gasteiger partial charge is 0.336 e. The van der Waals surface area contributed by atoms with E-state index >= 15 is 0 Å². The van der Waals surface area contributed by atoms with Gasteiger partial charge in [0.2, 0.25) is 0 Å². The summed E-state index contributed by atoms with van der Waals surface area (Å²) in [7, 11) is -1.60. The van der Waals surface area contributed by atoms with Crippen LogP contribution in [0.5, 0.6) is 0 Å². The van der Waals surface area contributed by atoms with Crippen molar-refractivity contribution in [2.75, 3.05) is 0 Å². The summed E-state index contributed by atoms with van der Waals surface area (Å²) in [6, 6.07) is 2.41. The SMILES string of the molecule is CCc1c(C(=O)O)ccc(C(F)(Cl)Cl)c1[S@@](=O)C(C)C. The molecule has 1 rings (SSSR count). The van der Waals surface area contributed by atoms with Crippen molar-refractivity contribution in [2.24, 2.45) is 0 Å². The first-order valence-corrected chi connectivity index (χ1v) is 7.95. The first-order valence-electron chi connectivity index (χ1n) is 5.98. The molecule has 0 bridgehead atoms. The minimum Gasteiger partial charge on any atom is -0.478 e. The third kappa shape index (κ3) is 3.51. The fourth-order valence-electron chi connectivity index (χ4n) is 1.87. The third-order valence-corrected chi connectivity index (χ3v) is 4.91. The van der Waals surface area contributed by atoms with E-state index in [1.54, 1.807) is 20.8 Å². The minimum atomic E-state index is -2.72. The van der Waals surface area contributed by atoms with Gasteiger partial charge in [-0.05, 0) is 18.1 Å². The lowest BCUT2D eigenvalue weighted by atomic mass is 10.0. The maximum Gasteiger partial charge on any atom is 0.336 e. The lowest BCUT2D eigenvalue weighted by molar-refractivity contribution is 0.0695. The molecule has 0 amide bonds. The number of benzene rings is 1. The van der Waals surface area contributed by atoms with Gasteiger partial charge in [-0.2, -0.15) is 0 Å². The van der Waals surface area contributed by atoms with Gasteiger partial charge < -0.3 is 5.11 Å². The van der Waals surface area contributed by atoms with E-state index in [0.717, 1.165) is 0 Å². The predicted molar refractivity (Wildman–Crippen MR) is 78.8 cm³/mol. The minimum absolute atomic E-state index is 0.0159. The van der Waals surface area contributed by atoms with Gasteiger partial charge in [-0.3, -0.25) is 4.21 Å². The van der Waals surface area contributed by atoms with Crippen molar-refractivity contribution in [2.45, 2.75) is 41.9 Å². The molecule has 112 valence electrons. The van der Waals surface area contributed by atoms with Crippen molar-refractivity contribution in [3.8, 4) is 0 Å². The molecule has 0 aliphatic carbocycles. The van der Waals surface area contributed by atoms with Crippen LogP contribution in [0.2, 0.25) is 0 Å². The lowest BCUT2D eigenvalue weighted by Crippen LogP contribution is -2.18. The van der Waals surface area contributed by atoms with E-state index in [-0.39, 0.29) is 27.7 Å². The van der Waals surface area contributed by atoms with Crippen LogP contribution in [0.15, 0.2) is 17.0 Å². The van der Waals surface area contributed by atoms with Gasteiger partial charge in [0.05, 0.1) is 21.3 Å². The van der Waals surface area contributed by atoms with Crippen LogP contribution in [0.3, 0.4) is 0 Å². The fraction of sp³-hybridized carbons (Fsp3) is 0.462. The molecular weight excluding hydrogens is 326 g/mol. The van der Waals surface area contributed by atoms with E-state index in [4.69, 9.17) is 23.2 Å². The van der Waals surface area contributed by atoms with E-state index in [0.29, 0.717) is 5.56 Å². The number of hydrogen-bond donors (Lipinski definition) is 1. The molecule has 0 spiro atoms. The highest BCUT2D eigenvalue weighted by atomic mass is 35.5. The summed E-state index contributed by atoms with van der Waals surface area (Å²) >= 11 is 11.0. The van der Waals surface area contributed by atoms with Crippen molar-refractivity contribution in [1.82, 2.24) is 0 Å². The Hall–Kier alpha value is -0.650. The molecule has 0 unspecified atom stereocenters. The Morgan fingerprint density at radius 1 is 1.45 bits per heavy atom. The number of aromatic carboxylic acids is 1. The Balaban J connectivity index is 3.74. The Labute approximate surface area is 129 Å². The van der Waals surface area contributed by atoms with Crippen molar-refractivity contribution in [1.29, 1.82) is 0 Å². The molecule has 7 heteroatoms. The zero-order chi connectivity index (χ0) is 15.7. The topological polar surface area (TPSA) is 54.4 Å². The number of carbonyl (C=O) groups is 1. The summed E-state index contributed by atoms with van der Waals surface area (Å²) in [4.78, 5) is 11.3. The molecule has 0 fully saturated rings. The zero-order valence-corrected chi connectivity index (χ0v) is 13.6. The second-order valence-corrected chi connectivity index (χ2v) is 7.65. The van der Waals surface area contributed by atoms with Crippen LogP contribution < -0.4 is 0 Å². The lowest BCUT2D eigenvalue weighted by Gasteiger charge is -2.20. The Morgan fingerprint density at radius 2 is 2.00 bits per heavy atom. The summed E-state index contributed by atoms with van der Waals surface area (Å²) in [5.74, 6) is -1.16. The van der Waals surface area contributed by atoms with Gasteiger partial charge >= 0.3 is 5.97 Å². The van der Waals surface area contributed by atoms with Crippen LogP contribution in [-0.4, -0.2) is 20.5 Å². The Morgan fingerprint density at radius 3 is 2.35 bits per heavy atom. The Kier molecular flexibility index (Phi) is 5.58. The highest BCUT2D eigenvalue weighted by Gasteiger charge is 2.34. The first kappa shape index (κ1) is 17.4. The quantitative estimate of drug-likeness (QED) is 0.823. The zero-order valence-electron chi connectivity index (χ0n) is 11.2. The molecule has 3 nitrogen and oxygen atoms in total. The highest BCUT2D eigenvalue weighted by Crippen LogP contribution is 2.41. The first-order chi connectivity index (χ1) is 9.11. The molecule has 0 saturated heterocycles. The maximum absolute atomic E-state index is 13.9. The van der Waals surface area contributed by atoms with Crippen LogP contribution in [0.25, 0.3) is 0 Å². The van der Waals surface area contributed by atoms with Gasteiger partial charge in [0.25, 0.3) is 4.59 Å². The monoisotopic (exact) mass is 340 g/mol. The van der Waals surface area contributed by atoms with E-state index in [2.05, 4.69) is 0 Å². The maximum atomic E-state index is 13.9. The van der Waals surface area contributed by atoms with Gasteiger partial charge in [0.1, 0.15) is 0 Å². The summed E-state index contributed by atoms with van der Waals surface area (Å²) in [5.41, 5.74) is 0.123. The largest absolute Gasteiger partial charge is 0.478 e. The van der Waals surface area contributed by atoms with Crippen molar-refractivity contribution in [3.05, 3.63) is 28.8 Å². The molecule has 1 N–H and O–H groups in total. The summed E-state index contributed by atoms with van der Waals surface area (Å²) in [6.07, 6.45) is 0.285. The van der Waals surface area contributed by atoms with E-state index < -0.39 is 21.4 Å². The van der Waals surface area contributed by atoms with E-state index in [1.807, 2.05) is 0 Å². The Bertz CT molecular complexity index is 553. The molecule has 1 aromatic rings. The standard InChI is InChI=1S/C13H15Cl2FO3S/c1-4-8-9(12(17)18)5-6-10(13(14,15)16)11(8)20(19)7(2)3/h5-7H,4H2,1-3H3,(H,17,18)/t20-/m0/s1. The van der Waals surface area contributed by atoms with Gasteiger partial charge in [0, 0.05) is 10.8 Å². The van der Waals surface area contributed by atoms with Crippen molar-refractivity contribution in [3.63, 3.8) is 0 Å². The second-order valence-electron chi connectivity index (χ2n) is 4.47. The van der Waals surface area contributed by atoms with Crippen LogP contribution in [0, 0.1) is 0 Å². The van der Waals surface area contributed by atoms with Crippen molar-refractivity contribution >= 4 is 40.0 Å². The average Bonchev–Trinajstić information content (AvgIpc) is 2.34. The summed E-state index contributed by atoms with van der Waals surface area (Å²) in [5, 5.41) is 8.86. The van der Waals surface area contributed by atoms with Gasteiger partial charge in [-0.15, -0.1) is 0 Å². The molecule has 0 aliphatic heterocycles. The number of alkyl halides is 3. The molecule has 0 heterocycles. The molecule has 1 aromatic carbocycles. The fourth-order valence-corrected chi connectivity index (χ4v) is 3.69. The molecule has 20 heavy (non-hydrogen) atoms. The second kappa shape index (κ2) is 6.41. The summed E-state index contributed by atoms with van der Waals surface area (Å²) in [6.45, 7) is 5.08. The van der Waals surface area contributed by atoms with E-state index in [1.165, 1.54) is 12.1 Å². The van der Waals surface area contributed by atoms with Gasteiger partial charge in [-0.25, -0.2) is 9.18 Å². The number of rotatable bonds is 5. The van der Waals surface area contributed by atoms with Crippen LogP contribution in [0.1, 0.15) is 42.3 Å². The number of carboxylic acid groups (broad SMARTS) is 1. The van der Waals surface area contributed by atoms with Crippen LogP contribution in [-0.2, 0) is 21.8 Å². The predicted octanol–water partition coefficient (Wildman–Crippen LogP) is 4.02. The third-order valence-electron chi connectivity index (χ3n) is 2.78. The molecule has 0 radical (unpaired) electrons.